The van der Waals surface area contributed by atoms with Gasteiger partial charge in [-0.05, 0) is 59.8 Å². The normalized spacial score (nSPS) is 20.6. The molecular weight excluding hydrogens is 350 g/mol. The molecule has 0 saturated heterocycles. The predicted octanol–water partition coefficient (Wildman–Crippen LogP) is 2.28. The fourth-order valence-electron chi connectivity index (χ4n) is 3.18. The highest BCUT2D eigenvalue weighted by atomic mass is 16.6. The van der Waals surface area contributed by atoms with E-state index >= 15 is 0 Å². The third-order valence-electron chi connectivity index (χ3n) is 5.38. The van der Waals surface area contributed by atoms with Gasteiger partial charge in [-0.3, -0.25) is 4.79 Å². The molecule has 2 rings (SSSR count). The Morgan fingerprint density at radius 1 is 1.11 bits per heavy atom. The Morgan fingerprint density at radius 3 is 2.44 bits per heavy atom. The molecule has 1 aliphatic carbocycles. The van der Waals surface area contributed by atoms with Crippen molar-refractivity contribution in [2.75, 3.05) is 20.3 Å². The van der Waals surface area contributed by atoms with Crippen molar-refractivity contribution in [1.29, 1.82) is 0 Å². The van der Waals surface area contributed by atoms with Crippen LogP contribution in [0.15, 0.2) is 11.1 Å². The molecule has 7 nitrogen and oxygen atoms in total. The van der Waals surface area contributed by atoms with Crippen molar-refractivity contribution in [3.05, 3.63) is 11.1 Å². The number of cyclic esters (lactones) is 2. The first-order chi connectivity index (χ1) is 12.5. The second-order valence-electron chi connectivity index (χ2n) is 8.44. The van der Waals surface area contributed by atoms with Crippen LogP contribution in [0.1, 0.15) is 59.8 Å². The minimum atomic E-state index is -0.596. The zero-order valence-corrected chi connectivity index (χ0v) is 17.0. The van der Waals surface area contributed by atoms with Gasteiger partial charge in [-0.1, -0.05) is 0 Å². The van der Waals surface area contributed by atoms with E-state index in [1.807, 2.05) is 27.7 Å². The molecule has 0 radical (unpaired) electrons. The zero-order valence-electron chi connectivity index (χ0n) is 17.0. The zero-order chi connectivity index (χ0) is 20.2. The summed E-state index contributed by atoms with van der Waals surface area (Å²) in [6.45, 7) is 9.10. The van der Waals surface area contributed by atoms with E-state index in [1.54, 1.807) is 7.11 Å². The van der Waals surface area contributed by atoms with Crippen LogP contribution in [0.2, 0.25) is 0 Å². The van der Waals surface area contributed by atoms with E-state index in [9.17, 15) is 14.4 Å². The maximum Gasteiger partial charge on any atom is 0.342 e. The molecule has 0 aromatic heterocycles. The lowest BCUT2D eigenvalue weighted by Gasteiger charge is -2.29. The number of hydrogen-bond donors (Lipinski definition) is 1. The van der Waals surface area contributed by atoms with Crippen LogP contribution in [0, 0.1) is 5.92 Å². The van der Waals surface area contributed by atoms with Crippen molar-refractivity contribution < 1.29 is 28.6 Å². The van der Waals surface area contributed by atoms with E-state index in [0.29, 0.717) is 43.6 Å². The second kappa shape index (κ2) is 8.52. The highest BCUT2D eigenvalue weighted by molar-refractivity contribution is 6.12. The quantitative estimate of drug-likeness (QED) is 0.487. The fraction of sp³-hybridized carbons (Fsp3) is 0.750. The first-order valence-electron chi connectivity index (χ1n) is 9.50. The Hall–Kier alpha value is -1.73. The SMILES string of the molecule is COC(C)(C)CCOC(C)(C)CCNC(=O)C1CCC2=C(C1)C(=O)OC2=O. The molecule has 0 aromatic carbocycles. The molecule has 0 aromatic rings. The Balaban J connectivity index is 1.73. The number of hydrogen-bond acceptors (Lipinski definition) is 6. The molecule has 1 atom stereocenters. The van der Waals surface area contributed by atoms with E-state index in [-0.39, 0.29) is 29.4 Å². The Kier molecular flexibility index (Phi) is 6.81. The maximum atomic E-state index is 12.4. The molecule has 1 amide bonds. The van der Waals surface area contributed by atoms with E-state index in [4.69, 9.17) is 9.47 Å². The lowest BCUT2D eigenvalue weighted by atomic mass is 9.84. The molecule has 1 heterocycles. The topological polar surface area (TPSA) is 90.9 Å². The Morgan fingerprint density at radius 2 is 1.78 bits per heavy atom. The summed E-state index contributed by atoms with van der Waals surface area (Å²) in [6, 6.07) is 0. The van der Waals surface area contributed by atoms with Crippen LogP contribution in [0.4, 0.5) is 0 Å². The highest BCUT2D eigenvalue weighted by Gasteiger charge is 2.39. The smallest absolute Gasteiger partial charge is 0.342 e. The van der Waals surface area contributed by atoms with Gasteiger partial charge in [0.05, 0.1) is 17.8 Å². The summed E-state index contributed by atoms with van der Waals surface area (Å²) in [5.41, 5.74) is 0.233. The summed E-state index contributed by atoms with van der Waals surface area (Å²) in [5.74, 6) is -1.54. The number of amides is 1. The van der Waals surface area contributed by atoms with Gasteiger partial charge in [0.2, 0.25) is 5.91 Å². The summed E-state index contributed by atoms with van der Waals surface area (Å²) < 4.78 is 15.9. The first kappa shape index (κ1) is 21.6. The van der Waals surface area contributed by atoms with E-state index in [2.05, 4.69) is 10.1 Å². The summed E-state index contributed by atoms with van der Waals surface area (Å²) >= 11 is 0. The molecule has 1 aliphatic heterocycles. The van der Waals surface area contributed by atoms with Crippen LogP contribution in [0.5, 0.6) is 0 Å². The number of rotatable bonds is 9. The van der Waals surface area contributed by atoms with Crippen LogP contribution in [-0.4, -0.2) is 49.3 Å². The van der Waals surface area contributed by atoms with E-state index < -0.39 is 11.9 Å². The summed E-state index contributed by atoms with van der Waals surface area (Å²) in [6.07, 6.45) is 2.71. The maximum absolute atomic E-state index is 12.4. The molecule has 1 N–H and O–H groups in total. The summed E-state index contributed by atoms with van der Waals surface area (Å²) in [5, 5.41) is 2.93. The van der Waals surface area contributed by atoms with Gasteiger partial charge in [0.15, 0.2) is 0 Å². The number of methoxy groups -OCH3 is 1. The second-order valence-corrected chi connectivity index (χ2v) is 8.44. The molecule has 7 heteroatoms. The molecule has 0 saturated carbocycles. The van der Waals surface area contributed by atoms with Gasteiger partial charge in [-0.15, -0.1) is 0 Å². The Bertz CT molecular complexity index is 634. The van der Waals surface area contributed by atoms with E-state index in [1.165, 1.54) is 0 Å². The van der Waals surface area contributed by atoms with Crippen LogP contribution < -0.4 is 5.32 Å². The summed E-state index contributed by atoms with van der Waals surface area (Å²) in [4.78, 5) is 35.6. The molecule has 0 bridgehead atoms. The van der Waals surface area contributed by atoms with Crippen molar-refractivity contribution in [3.8, 4) is 0 Å². The monoisotopic (exact) mass is 381 g/mol. The average molecular weight is 381 g/mol. The number of ether oxygens (including phenoxy) is 3. The number of carbonyl (C=O) groups excluding carboxylic acids is 3. The fourth-order valence-corrected chi connectivity index (χ4v) is 3.18. The van der Waals surface area contributed by atoms with Crippen LogP contribution in [-0.2, 0) is 28.6 Å². The lowest BCUT2D eigenvalue weighted by Crippen LogP contribution is -2.37. The predicted molar refractivity (Wildman–Crippen MR) is 98.8 cm³/mol. The molecule has 0 fully saturated rings. The molecule has 0 spiro atoms. The van der Waals surface area contributed by atoms with Crippen LogP contribution >= 0.6 is 0 Å². The van der Waals surface area contributed by atoms with Crippen LogP contribution in [0.25, 0.3) is 0 Å². The van der Waals surface area contributed by atoms with Crippen molar-refractivity contribution >= 4 is 17.8 Å². The lowest BCUT2D eigenvalue weighted by molar-refractivity contribution is -0.151. The third-order valence-corrected chi connectivity index (χ3v) is 5.38. The van der Waals surface area contributed by atoms with Crippen molar-refractivity contribution in [1.82, 2.24) is 5.32 Å². The van der Waals surface area contributed by atoms with Gasteiger partial charge in [-0.25, -0.2) is 9.59 Å². The molecule has 1 unspecified atom stereocenters. The minimum absolute atomic E-state index is 0.0926. The van der Waals surface area contributed by atoms with Gasteiger partial charge in [0.1, 0.15) is 0 Å². The van der Waals surface area contributed by atoms with Gasteiger partial charge in [-0.2, -0.15) is 0 Å². The third kappa shape index (κ3) is 5.87. The Labute approximate surface area is 160 Å². The molecular formula is C20H31NO6. The molecule has 152 valence electrons. The standard InChI is InChI=1S/C20H31NO6/c1-19(2,25-5)9-11-26-20(3,4)8-10-21-16(22)13-6-7-14-15(12-13)18(24)27-17(14)23/h13H,6-12H2,1-5H3,(H,21,22). The number of nitrogens with one attached hydrogen (secondary N) is 1. The number of esters is 2. The highest BCUT2D eigenvalue weighted by Crippen LogP contribution is 2.34. The summed E-state index contributed by atoms with van der Waals surface area (Å²) in [7, 11) is 1.69. The van der Waals surface area contributed by atoms with Gasteiger partial charge in [0.25, 0.3) is 0 Å². The minimum Gasteiger partial charge on any atom is -0.386 e. The van der Waals surface area contributed by atoms with Crippen LogP contribution in [0.3, 0.4) is 0 Å². The number of carbonyl (C=O) groups is 3. The van der Waals surface area contributed by atoms with Gasteiger partial charge in [0, 0.05) is 30.7 Å². The molecule has 2 aliphatic rings. The van der Waals surface area contributed by atoms with Gasteiger partial charge < -0.3 is 19.5 Å². The van der Waals surface area contributed by atoms with Gasteiger partial charge >= 0.3 is 11.9 Å². The van der Waals surface area contributed by atoms with E-state index in [0.717, 1.165) is 6.42 Å². The van der Waals surface area contributed by atoms with Crippen molar-refractivity contribution in [2.45, 2.75) is 71.0 Å². The van der Waals surface area contributed by atoms with Crippen molar-refractivity contribution in [3.63, 3.8) is 0 Å². The molecule has 27 heavy (non-hydrogen) atoms. The van der Waals surface area contributed by atoms with Crippen molar-refractivity contribution in [2.24, 2.45) is 5.92 Å². The first-order valence-corrected chi connectivity index (χ1v) is 9.50. The largest absolute Gasteiger partial charge is 0.386 e. The average Bonchev–Trinajstić information content (AvgIpc) is 2.88.